The van der Waals surface area contributed by atoms with Gasteiger partial charge >= 0.3 is 0 Å². The Morgan fingerprint density at radius 1 is 1.19 bits per heavy atom. The van der Waals surface area contributed by atoms with Crippen LogP contribution in [0.25, 0.3) is 0 Å². The van der Waals surface area contributed by atoms with Crippen LogP contribution < -0.4 is 5.32 Å². The largest absolute Gasteiger partial charge is 0.354 e. The van der Waals surface area contributed by atoms with Crippen LogP contribution in [0.1, 0.15) is 42.5 Å². The highest BCUT2D eigenvalue weighted by Crippen LogP contribution is 2.34. The van der Waals surface area contributed by atoms with Crippen LogP contribution in [-0.2, 0) is 4.74 Å². The zero-order chi connectivity index (χ0) is 19.4. The van der Waals surface area contributed by atoms with Crippen molar-refractivity contribution in [2.45, 2.75) is 48.2 Å². The molecule has 1 aromatic carbocycles. The fourth-order valence-electron chi connectivity index (χ4n) is 4.01. The van der Waals surface area contributed by atoms with Crippen molar-refractivity contribution in [2.24, 2.45) is 5.92 Å². The minimum Gasteiger partial charge on any atom is -0.354 e. The number of nitrogens with zero attached hydrogens (tertiary/aromatic N) is 1. The maximum Gasteiger partial charge on any atom is 0.253 e. The summed E-state index contributed by atoms with van der Waals surface area (Å²) < 4.78 is 5.09. The molecule has 2 fully saturated rings. The lowest BCUT2D eigenvalue weighted by Crippen LogP contribution is -2.51. The number of hydrogen-bond acceptors (Lipinski definition) is 3. The van der Waals surface area contributed by atoms with Gasteiger partial charge in [0.2, 0.25) is 3.79 Å². The topological polar surface area (TPSA) is 41.6 Å². The quantitative estimate of drug-likeness (QED) is 0.451. The predicted octanol–water partition coefficient (Wildman–Crippen LogP) is 5.16. The second kappa shape index (κ2) is 9.64. The molecule has 1 N–H and O–H groups in total. The van der Waals surface area contributed by atoms with Gasteiger partial charge in [-0.3, -0.25) is 4.79 Å². The summed E-state index contributed by atoms with van der Waals surface area (Å²) in [6, 6.07) is 7.52. The maximum absolute atomic E-state index is 12.5. The summed E-state index contributed by atoms with van der Waals surface area (Å²) in [5, 5.41) is 2.72. The van der Waals surface area contributed by atoms with Crippen LogP contribution in [-0.4, -0.2) is 46.6 Å². The van der Waals surface area contributed by atoms with Crippen molar-refractivity contribution in [3.63, 3.8) is 0 Å². The number of amides is 1. The lowest BCUT2D eigenvalue weighted by Gasteiger charge is -2.44. The molecule has 8 heteroatoms. The number of piperidine rings is 2. The Hall–Kier alpha value is -0.0400. The highest BCUT2D eigenvalue weighted by Gasteiger charge is 2.38. The summed E-state index contributed by atoms with van der Waals surface area (Å²) >= 11 is 21.6. The van der Waals surface area contributed by atoms with Crippen molar-refractivity contribution in [3.8, 4) is 0 Å². The molecule has 0 unspecified atom stereocenters. The molecule has 3 atom stereocenters. The van der Waals surface area contributed by atoms with E-state index >= 15 is 0 Å². The van der Waals surface area contributed by atoms with E-state index in [2.05, 4.69) is 26.1 Å². The number of halogens is 4. The molecule has 4 nitrogen and oxygen atoms in total. The molecule has 0 saturated carbocycles. The van der Waals surface area contributed by atoms with E-state index < -0.39 is 10.0 Å². The van der Waals surface area contributed by atoms with Crippen molar-refractivity contribution < 1.29 is 9.53 Å². The second-order valence-electron chi connectivity index (χ2n) is 7.24. The average molecular weight is 499 g/mol. The second-order valence-corrected chi connectivity index (χ2v) is 10.5. The third-order valence-electron chi connectivity index (χ3n) is 5.37. The Morgan fingerprint density at radius 3 is 2.59 bits per heavy atom. The molecule has 2 aliphatic heterocycles. The first kappa shape index (κ1) is 21.7. The number of carbonyl (C=O) groups excluding carboxylic acids is 1. The van der Waals surface area contributed by atoms with Gasteiger partial charge in [-0.2, -0.15) is 0 Å². The number of ether oxygens (including phenoxy) is 1. The number of carbonyl (C=O) groups is 1. The fraction of sp³-hybridized carbons (Fsp3) is 0.632. The monoisotopic (exact) mass is 496 g/mol. The third kappa shape index (κ3) is 5.97. The highest BCUT2D eigenvalue weighted by atomic mass is 79.9. The average Bonchev–Trinajstić information content (AvgIpc) is 2.64. The van der Waals surface area contributed by atoms with Crippen LogP contribution in [0.2, 0.25) is 0 Å². The normalized spacial score (nSPS) is 24.9. The van der Waals surface area contributed by atoms with Crippen molar-refractivity contribution in [1.82, 2.24) is 10.2 Å². The van der Waals surface area contributed by atoms with Gasteiger partial charge in [0.25, 0.3) is 5.91 Å². The van der Waals surface area contributed by atoms with E-state index in [-0.39, 0.29) is 5.91 Å². The molecule has 2 heterocycles. The summed E-state index contributed by atoms with van der Waals surface area (Å²) in [6.07, 6.45) is 4.98. The Bertz CT molecular complexity index is 637. The fourth-order valence-corrected chi connectivity index (χ4v) is 4.63. The highest BCUT2D eigenvalue weighted by molar-refractivity contribution is 9.10. The van der Waals surface area contributed by atoms with Gasteiger partial charge in [-0.1, -0.05) is 57.2 Å². The standard InChI is InChI=1S/C19H24BrCl3N2O2/c20-15-8-6-13(7-9-15)17(26)24-18(19(21,22)23)27-12-14-4-3-11-25-10-2-1-5-16(14)25/h6-9,14,16,18H,1-5,10-12H2,(H,24,26)/t14-,16-,18-/m1/s1. The van der Waals surface area contributed by atoms with Crippen LogP contribution >= 0.6 is 50.7 Å². The van der Waals surface area contributed by atoms with Gasteiger partial charge in [0, 0.05) is 16.1 Å². The minimum absolute atomic E-state index is 0.332. The van der Waals surface area contributed by atoms with Crippen molar-refractivity contribution in [2.75, 3.05) is 19.7 Å². The number of benzene rings is 1. The molecule has 1 aromatic rings. The van der Waals surface area contributed by atoms with Gasteiger partial charge < -0.3 is 15.0 Å². The maximum atomic E-state index is 12.5. The van der Waals surface area contributed by atoms with E-state index in [4.69, 9.17) is 39.5 Å². The van der Waals surface area contributed by atoms with E-state index in [1.807, 2.05) is 0 Å². The number of rotatable bonds is 5. The first-order chi connectivity index (χ1) is 12.8. The molecule has 2 aliphatic rings. The van der Waals surface area contributed by atoms with Crippen LogP contribution in [0.4, 0.5) is 0 Å². The van der Waals surface area contributed by atoms with Crippen LogP contribution in [0, 0.1) is 5.92 Å². The van der Waals surface area contributed by atoms with Gasteiger partial charge in [-0.15, -0.1) is 0 Å². The van der Waals surface area contributed by atoms with E-state index in [9.17, 15) is 4.79 Å². The Morgan fingerprint density at radius 2 is 1.89 bits per heavy atom. The van der Waals surface area contributed by atoms with Crippen LogP contribution in [0.5, 0.6) is 0 Å². The summed E-state index contributed by atoms with van der Waals surface area (Å²) in [7, 11) is 0. The molecular formula is C19H24BrCl3N2O2. The van der Waals surface area contributed by atoms with Crippen molar-refractivity contribution in [1.29, 1.82) is 0 Å². The zero-order valence-electron chi connectivity index (χ0n) is 15.0. The lowest BCUT2D eigenvalue weighted by atomic mass is 9.84. The predicted molar refractivity (Wildman–Crippen MR) is 114 cm³/mol. The first-order valence-corrected chi connectivity index (χ1v) is 11.3. The molecule has 0 radical (unpaired) electrons. The summed E-state index contributed by atoms with van der Waals surface area (Å²) in [5.74, 6) is 0.0697. The number of hydrogen-bond donors (Lipinski definition) is 1. The first-order valence-electron chi connectivity index (χ1n) is 9.33. The minimum atomic E-state index is -1.74. The smallest absolute Gasteiger partial charge is 0.253 e. The third-order valence-corrected chi connectivity index (χ3v) is 6.49. The van der Waals surface area contributed by atoms with Gasteiger partial charge in [-0.05, 0) is 69.0 Å². The van der Waals surface area contributed by atoms with E-state index in [0.29, 0.717) is 24.1 Å². The van der Waals surface area contributed by atoms with E-state index in [0.717, 1.165) is 30.4 Å². The molecule has 3 rings (SSSR count). The van der Waals surface area contributed by atoms with Crippen LogP contribution in [0.15, 0.2) is 28.7 Å². The van der Waals surface area contributed by atoms with Gasteiger partial charge in [0.1, 0.15) is 0 Å². The molecule has 0 bridgehead atoms. The lowest BCUT2D eigenvalue weighted by molar-refractivity contribution is -0.0325. The van der Waals surface area contributed by atoms with Gasteiger partial charge in [0.15, 0.2) is 6.23 Å². The van der Waals surface area contributed by atoms with Crippen molar-refractivity contribution in [3.05, 3.63) is 34.3 Å². The van der Waals surface area contributed by atoms with Gasteiger partial charge in [-0.25, -0.2) is 0 Å². The van der Waals surface area contributed by atoms with E-state index in [1.54, 1.807) is 24.3 Å². The Kier molecular flexibility index (Phi) is 7.73. The number of alkyl halides is 3. The Balaban J connectivity index is 1.61. The molecule has 27 heavy (non-hydrogen) atoms. The molecule has 2 saturated heterocycles. The molecule has 150 valence electrons. The van der Waals surface area contributed by atoms with Gasteiger partial charge in [0.05, 0.1) is 6.61 Å². The number of nitrogens with one attached hydrogen (secondary N) is 1. The molecule has 0 aromatic heterocycles. The molecule has 0 aliphatic carbocycles. The Labute approximate surface area is 184 Å². The molecular weight excluding hydrogens is 474 g/mol. The van der Waals surface area contributed by atoms with Crippen LogP contribution in [0.3, 0.4) is 0 Å². The summed E-state index contributed by atoms with van der Waals surface area (Å²) in [4.78, 5) is 15.1. The summed E-state index contributed by atoms with van der Waals surface area (Å²) in [6.45, 7) is 2.80. The zero-order valence-corrected chi connectivity index (χ0v) is 18.8. The molecule has 0 spiro atoms. The molecule has 1 amide bonds. The van der Waals surface area contributed by atoms with Crippen molar-refractivity contribution >= 4 is 56.6 Å². The number of fused-ring (bicyclic) bond motifs is 1. The SMILES string of the molecule is O=C(N[C@H](OC[C@H]1CCCN2CCCC[C@H]12)C(Cl)(Cl)Cl)c1ccc(Br)cc1. The van der Waals surface area contributed by atoms with E-state index in [1.165, 1.54) is 19.3 Å². The summed E-state index contributed by atoms with van der Waals surface area (Å²) in [5.41, 5.74) is 0.483.